The summed E-state index contributed by atoms with van der Waals surface area (Å²) in [5.41, 5.74) is 3.14. The molecule has 0 atom stereocenters. The van der Waals surface area contributed by atoms with Crippen LogP contribution in [0.4, 0.5) is 8.78 Å². The monoisotopic (exact) mass is 290 g/mol. The second kappa shape index (κ2) is 4.83. The first-order valence-corrected chi connectivity index (χ1v) is 6.58. The summed E-state index contributed by atoms with van der Waals surface area (Å²) in [4.78, 5) is 3.07. The molecular formula is C15H12F2N2S. The van der Waals surface area contributed by atoms with Crippen LogP contribution in [0, 0.1) is 23.3 Å². The number of nitrogens with zero attached hydrogens (tertiary/aromatic N) is 1. The smallest absolute Gasteiger partial charge is 0.178 e. The number of aromatic amines is 1. The quantitative estimate of drug-likeness (QED) is 0.697. The van der Waals surface area contributed by atoms with Crippen molar-refractivity contribution >= 4 is 23.3 Å². The maximum atomic E-state index is 13.7. The highest BCUT2D eigenvalue weighted by atomic mass is 32.1. The average molecular weight is 290 g/mol. The number of fused-ring (bicyclic) bond motifs is 1. The lowest BCUT2D eigenvalue weighted by Crippen LogP contribution is -2.02. The number of aromatic nitrogens is 2. The minimum absolute atomic E-state index is 0.200. The fourth-order valence-corrected chi connectivity index (χ4v) is 2.53. The number of hydrogen-bond donors (Lipinski definition) is 1. The molecule has 0 amide bonds. The molecule has 2 aromatic carbocycles. The molecule has 1 N–H and O–H groups in total. The summed E-state index contributed by atoms with van der Waals surface area (Å²) >= 11 is 5.26. The molecule has 0 bridgehead atoms. The third-order valence-electron chi connectivity index (χ3n) is 3.27. The van der Waals surface area contributed by atoms with Gasteiger partial charge < -0.3 is 9.55 Å². The molecule has 0 saturated carbocycles. The lowest BCUT2D eigenvalue weighted by molar-refractivity contribution is 0.578. The number of H-pyrrole nitrogens is 1. The van der Waals surface area contributed by atoms with Crippen molar-refractivity contribution in [3.8, 4) is 0 Å². The number of nitrogens with one attached hydrogen (secondary N) is 1. The molecule has 0 saturated heterocycles. The third-order valence-corrected chi connectivity index (χ3v) is 3.59. The molecule has 0 aliphatic heterocycles. The SMILES string of the molecule is Cc1ccc2[nH]c(=S)n(Cc3cc(F)ccc3F)c2c1. The summed E-state index contributed by atoms with van der Waals surface area (Å²) < 4.78 is 29.3. The molecule has 2 nitrogen and oxygen atoms in total. The van der Waals surface area contributed by atoms with Gasteiger partial charge in [0.1, 0.15) is 11.6 Å². The zero-order valence-electron chi connectivity index (χ0n) is 10.8. The highest BCUT2D eigenvalue weighted by Crippen LogP contribution is 2.19. The van der Waals surface area contributed by atoms with Crippen LogP contribution >= 0.6 is 12.2 Å². The highest BCUT2D eigenvalue weighted by Gasteiger charge is 2.09. The van der Waals surface area contributed by atoms with E-state index in [0.29, 0.717) is 4.77 Å². The fourth-order valence-electron chi connectivity index (χ4n) is 2.25. The van der Waals surface area contributed by atoms with Crippen molar-refractivity contribution in [1.29, 1.82) is 0 Å². The van der Waals surface area contributed by atoms with Gasteiger partial charge in [-0.3, -0.25) is 0 Å². The molecule has 3 aromatic rings. The van der Waals surface area contributed by atoms with Gasteiger partial charge in [0.15, 0.2) is 4.77 Å². The molecule has 0 aliphatic rings. The van der Waals surface area contributed by atoms with Crippen LogP contribution in [-0.4, -0.2) is 9.55 Å². The van der Waals surface area contributed by atoms with Crippen molar-refractivity contribution in [1.82, 2.24) is 9.55 Å². The van der Waals surface area contributed by atoms with Crippen molar-refractivity contribution in [2.45, 2.75) is 13.5 Å². The van der Waals surface area contributed by atoms with Crippen LogP contribution in [0.1, 0.15) is 11.1 Å². The van der Waals surface area contributed by atoms with Crippen LogP contribution in [0.5, 0.6) is 0 Å². The number of hydrogen-bond acceptors (Lipinski definition) is 1. The molecule has 1 aromatic heterocycles. The Morgan fingerprint density at radius 1 is 1.15 bits per heavy atom. The zero-order valence-corrected chi connectivity index (χ0v) is 11.6. The summed E-state index contributed by atoms with van der Waals surface area (Å²) in [5.74, 6) is -0.890. The van der Waals surface area contributed by atoms with Gasteiger partial charge in [-0.25, -0.2) is 8.78 Å². The number of benzene rings is 2. The predicted octanol–water partition coefficient (Wildman–Crippen LogP) is 4.33. The molecule has 0 unspecified atom stereocenters. The van der Waals surface area contributed by atoms with E-state index in [2.05, 4.69) is 4.98 Å². The fraction of sp³-hybridized carbons (Fsp3) is 0.133. The lowest BCUT2D eigenvalue weighted by atomic mass is 10.2. The topological polar surface area (TPSA) is 20.7 Å². The summed E-state index contributed by atoms with van der Waals surface area (Å²) in [5, 5.41) is 0. The van der Waals surface area contributed by atoms with Gasteiger partial charge in [-0.2, -0.15) is 0 Å². The first kappa shape index (κ1) is 13.0. The van der Waals surface area contributed by atoms with Gasteiger partial charge in [0.25, 0.3) is 0 Å². The van der Waals surface area contributed by atoms with Crippen molar-refractivity contribution in [3.63, 3.8) is 0 Å². The summed E-state index contributed by atoms with van der Waals surface area (Å²) in [6.45, 7) is 2.18. The molecule has 0 aliphatic carbocycles. The van der Waals surface area contributed by atoms with Gasteiger partial charge >= 0.3 is 0 Å². The van der Waals surface area contributed by atoms with E-state index < -0.39 is 11.6 Å². The van der Waals surface area contributed by atoms with Gasteiger partial charge in [-0.1, -0.05) is 6.07 Å². The van der Waals surface area contributed by atoms with E-state index >= 15 is 0 Å². The minimum atomic E-state index is -0.455. The summed E-state index contributed by atoms with van der Waals surface area (Å²) in [7, 11) is 0. The van der Waals surface area contributed by atoms with Crippen LogP contribution < -0.4 is 0 Å². The van der Waals surface area contributed by atoms with Crippen molar-refractivity contribution in [3.05, 3.63) is 63.9 Å². The number of imidazole rings is 1. The molecule has 1 heterocycles. The Kier molecular flexibility index (Phi) is 3.14. The largest absolute Gasteiger partial charge is 0.331 e. The molecule has 3 rings (SSSR count). The molecule has 0 spiro atoms. The predicted molar refractivity (Wildman–Crippen MR) is 77.3 cm³/mol. The van der Waals surface area contributed by atoms with Gasteiger partial charge in [-0.05, 0) is 55.0 Å². The second-order valence-corrected chi connectivity index (χ2v) is 5.16. The maximum Gasteiger partial charge on any atom is 0.178 e. The van der Waals surface area contributed by atoms with Crippen molar-refractivity contribution in [2.75, 3.05) is 0 Å². The summed E-state index contributed by atoms with van der Waals surface area (Å²) in [6.07, 6.45) is 0. The summed E-state index contributed by atoms with van der Waals surface area (Å²) in [6, 6.07) is 9.32. The van der Waals surface area contributed by atoms with E-state index in [0.717, 1.165) is 28.7 Å². The Balaban J connectivity index is 2.15. The first-order valence-electron chi connectivity index (χ1n) is 6.18. The Morgan fingerprint density at radius 3 is 2.75 bits per heavy atom. The molecule has 102 valence electrons. The molecule has 0 fully saturated rings. The van der Waals surface area contributed by atoms with Crippen LogP contribution in [0.25, 0.3) is 11.0 Å². The molecule has 5 heteroatoms. The van der Waals surface area contributed by atoms with Gasteiger partial charge in [-0.15, -0.1) is 0 Å². The van der Waals surface area contributed by atoms with E-state index in [4.69, 9.17) is 12.2 Å². The van der Waals surface area contributed by atoms with Crippen molar-refractivity contribution < 1.29 is 8.78 Å². The second-order valence-electron chi connectivity index (χ2n) is 4.77. The lowest BCUT2D eigenvalue weighted by Gasteiger charge is -2.07. The zero-order chi connectivity index (χ0) is 14.3. The standard InChI is InChI=1S/C15H12F2N2S/c1-9-2-5-13-14(6-9)19(15(20)18-13)8-10-7-11(16)3-4-12(10)17/h2-7H,8H2,1H3,(H,18,20). The first-order chi connectivity index (χ1) is 9.54. The molecule has 0 radical (unpaired) electrons. The van der Waals surface area contributed by atoms with Crippen LogP contribution in [0.3, 0.4) is 0 Å². The van der Waals surface area contributed by atoms with E-state index in [1.165, 1.54) is 6.07 Å². The van der Waals surface area contributed by atoms with E-state index in [9.17, 15) is 8.78 Å². The van der Waals surface area contributed by atoms with Gasteiger partial charge in [0.2, 0.25) is 0 Å². The van der Waals surface area contributed by atoms with E-state index in [1.54, 1.807) is 4.57 Å². The Morgan fingerprint density at radius 2 is 1.95 bits per heavy atom. The van der Waals surface area contributed by atoms with Crippen LogP contribution in [-0.2, 0) is 6.54 Å². The van der Waals surface area contributed by atoms with Gasteiger partial charge in [0, 0.05) is 5.56 Å². The Labute approximate surface area is 119 Å². The van der Waals surface area contributed by atoms with E-state index in [1.807, 2.05) is 25.1 Å². The van der Waals surface area contributed by atoms with Crippen LogP contribution in [0.2, 0.25) is 0 Å². The Hall–Kier alpha value is -2.01. The minimum Gasteiger partial charge on any atom is -0.331 e. The maximum absolute atomic E-state index is 13.7. The van der Waals surface area contributed by atoms with E-state index in [-0.39, 0.29) is 12.1 Å². The number of aryl methyl sites for hydroxylation is 1. The number of halogens is 2. The molecule has 20 heavy (non-hydrogen) atoms. The average Bonchev–Trinajstić information content (AvgIpc) is 2.70. The normalized spacial score (nSPS) is 11.2. The third kappa shape index (κ3) is 2.25. The number of rotatable bonds is 2. The van der Waals surface area contributed by atoms with Crippen molar-refractivity contribution in [2.24, 2.45) is 0 Å². The highest BCUT2D eigenvalue weighted by molar-refractivity contribution is 7.71. The molecular weight excluding hydrogens is 278 g/mol. The van der Waals surface area contributed by atoms with Crippen LogP contribution in [0.15, 0.2) is 36.4 Å². The Bertz CT molecular complexity index is 849. The van der Waals surface area contributed by atoms with Gasteiger partial charge in [0.05, 0.1) is 17.6 Å².